The van der Waals surface area contributed by atoms with Gasteiger partial charge in [-0.1, -0.05) is 13.0 Å². The van der Waals surface area contributed by atoms with Crippen LogP contribution in [0.3, 0.4) is 0 Å². The van der Waals surface area contributed by atoms with Gasteiger partial charge in [-0.2, -0.15) is 0 Å². The number of thiophene rings is 1. The molecule has 1 unspecified atom stereocenters. The number of hydrogen-bond acceptors (Lipinski definition) is 3. The van der Waals surface area contributed by atoms with Crippen LogP contribution < -0.4 is 5.32 Å². The van der Waals surface area contributed by atoms with Gasteiger partial charge in [0.1, 0.15) is 0 Å². The second-order valence-corrected chi connectivity index (χ2v) is 4.98. The first-order valence-electron chi connectivity index (χ1n) is 5.76. The van der Waals surface area contributed by atoms with Crippen LogP contribution in [0.15, 0.2) is 17.5 Å². The van der Waals surface area contributed by atoms with E-state index in [4.69, 9.17) is 4.74 Å². The van der Waals surface area contributed by atoms with E-state index in [1.165, 1.54) is 17.7 Å². The monoisotopic (exact) mass is 225 g/mol. The van der Waals surface area contributed by atoms with Crippen molar-refractivity contribution in [2.24, 2.45) is 5.92 Å². The Labute approximate surface area is 95.6 Å². The van der Waals surface area contributed by atoms with Gasteiger partial charge >= 0.3 is 0 Å². The fourth-order valence-corrected chi connectivity index (χ4v) is 3.13. The van der Waals surface area contributed by atoms with Crippen LogP contribution >= 0.6 is 11.3 Å². The molecular formula is C12H19NOS. The summed E-state index contributed by atoms with van der Waals surface area (Å²) in [6, 6.07) is 4.93. The first-order valence-corrected chi connectivity index (χ1v) is 6.64. The molecule has 1 atom stereocenters. The van der Waals surface area contributed by atoms with Crippen LogP contribution in [-0.4, -0.2) is 19.8 Å². The molecule has 3 heteroatoms. The minimum atomic E-state index is 0.541. The minimum Gasteiger partial charge on any atom is -0.381 e. The Morgan fingerprint density at radius 1 is 1.53 bits per heavy atom. The highest BCUT2D eigenvalue weighted by molar-refractivity contribution is 7.10. The Hall–Kier alpha value is -0.380. The molecule has 1 N–H and O–H groups in total. The summed E-state index contributed by atoms with van der Waals surface area (Å²) in [7, 11) is 0. The smallest absolute Gasteiger partial charge is 0.0469 e. The first kappa shape index (κ1) is 11.1. The standard InChI is InChI=1S/C12H19NOS/c1-2-13-12(11-4-3-9-15-11)10-5-7-14-8-6-10/h3-4,9-10,12-13H,2,5-8H2,1H3. The molecule has 1 aromatic heterocycles. The van der Waals surface area contributed by atoms with Crippen LogP contribution in [0.4, 0.5) is 0 Å². The maximum absolute atomic E-state index is 5.42. The SMILES string of the molecule is CCNC(c1cccs1)C1CCOCC1. The van der Waals surface area contributed by atoms with Crippen LogP contribution in [0.25, 0.3) is 0 Å². The van der Waals surface area contributed by atoms with E-state index in [1.807, 2.05) is 11.3 Å². The van der Waals surface area contributed by atoms with Crippen molar-refractivity contribution in [2.45, 2.75) is 25.8 Å². The highest BCUT2D eigenvalue weighted by Crippen LogP contribution is 2.32. The molecule has 0 spiro atoms. The van der Waals surface area contributed by atoms with Crippen LogP contribution in [0.1, 0.15) is 30.7 Å². The van der Waals surface area contributed by atoms with Crippen molar-refractivity contribution in [2.75, 3.05) is 19.8 Å². The average molecular weight is 225 g/mol. The lowest BCUT2D eigenvalue weighted by atomic mass is 9.91. The maximum atomic E-state index is 5.42. The van der Waals surface area contributed by atoms with E-state index in [0.717, 1.165) is 25.7 Å². The van der Waals surface area contributed by atoms with E-state index < -0.39 is 0 Å². The van der Waals surface area contributed by atoms with Crippen molar-refractivity contribution < 1.29 is 4.74 Å². The molecule has 0 aliphatic carbocycles. The summed E-state index contributed by atoms with van der Waals surface area (Å²) in [6.07, 6.45) is 2.38. The van der Waals surface area contributed by atoms with E-state index >= 15 is 0 Å². The zero-order chi connectivity index (χ0) is 10.5. The molecule has 0 amide bonds. The van der Waals surface area contributed by atoms with Gasteiger partial charge in [0.2, 0.25) is 0 Å². The van der Waals surface area contributed by atoms with Gasteiger partial charge in [-0.3, -0.25) is 0 Å². The van der Waals surface area contributed by atoms with Gasteiger partial charge in [0.25, 0.3) is 0 Å². The molecule has 0 bridgehead atoms. The zero-order valence-corrected chi connectivity index (χ0v) is 10.1. The molecular weight excluding hydrogens is 206 g/mol. The largest absolute Gasteiger partial charge is 0.381 e. The third kappa shape index (κ3) is 2.80. The molecule has 15 heavy (non-hydrogen) atoms. The number of nitrogens with one attached hydrogen (secondary N) is 1. The molecule has 1 aliphatic heterocycles. The fraction of sp³-hybridized carbons (Fsp3) is 0.667. The number of hydrogen-bond donors (Lipinski definition) is 1. The lowest BCUT2D eigenvalue weighted by Gasteiger charge is -2.30. The maximum Gasteiger partial charge on any atom is 0.0469 e. The Morgan fingerprint density at radius 3 is 2.93 bits per heavy atom. The predicted molar refractivity (Wildman–Crippen MR) is 64.3 cm³/mol. The summed E-state index contributed by atoms with van der Waals surface area (Å²) in [5, 5.41) is 5.78. The molecule has 1 aromatic rings. The Kier molecular flexibility index (Phi) is 4.18. The Bertz CT molecular complexity index is 267. The second kappa shape index (κ2) is 5.64. The van der Waals surface area contributed by atoms with Crippen LogP contribution in [0, 0.1) is 5.92 Å². The van der Waals surface area contributed by atoms with Crippen LogP contribution in [0.5, 0.6) is 0 Å². The lowest BCUT2D eigenvalue weighted by molar-refractivity contribution is 0.0542. The topological polar surface area (TPSA) is 21.3 Å². The summed E-state index contributed by atoms with van der Waals surface area (Å²) in [6.45, 7) is 5.08. The summed E-state index contributed by atoms with van der Waals surface area (Å²) in [4.78, 5) is 1.48. The van der Waals surface area contributed by atoms with Crippen molar-refractivity contribution in [3.05, 3.63) is 22.4 Å². The van der Waals surface area contributed by atoms with E-state index in [0.29, 0.717) is 6.04 Å². The van der Waals surface area contributed by atoms with Crippen molar-refractivity contribution in [1.82, 2.24) is 5.32 Å². The quantitative estimate of drug-likeness (QED) is 0.851. The summed E-state index contributed by atoms with van der Waals surface area (Å²) in [5.41, 5.74) is 0. The molecule has 2 rings (SSSR count). The summed E-state index contributed by atoms with van der Waals surface area (Å²) < 4.78 is 5.42. The van der Waals surface area contributed by atoms with Gasteiger partial charge in [0, 0.05) is 24.1 Å². The molecule has 1 aliphatic rings. The minimum absolute atomic E-state index is 0.541. The third-order valence-electron chi connectivity index (χ3n) is 3.01. The number of rotatable bonds is 4. The second-order valence-electron chi connectivity index (χ2n) is 4.00. The van der Waals surface area contributed by atoms with Gasteiger partial charge in [-0.05, 0) is 36.8 Å². The number of ether oxygens (including phenoxy) is 1. The van der Waals surface area contributed by atoms with E-state index in [2.05, 4.69) is 29.8 Å². The molecule has 0 aromatic carbocycles. The molecule has 84 valence electrons. The van der Waals surface area contributed by atoms with E-state index in [1.54, 1.807) is 0 Å². The Balaban J connectivity index is 2.04. The molecule has 1 fully saturated rings. The summed E-state index contributed by atoms with van der Waals surface area (Å²) in [5.74, 6) is 0.748. The molecule has 1 saturated heterocycles. The highest BCUT2D eigenvalue weighted by Gasteiger charge is 2.25. The predicted octanol–water partition coefficient (Wildman–Crippen LogP) is 2.83. The van der Waals surface area contributed by atoms with E-state index in [9.17, 15) is 0 Å². The fourth-order valence-electron chi connectivity index (χ4n) is 2.24. The van der Waals surface area contributed by atoms with Gasteiger partial charge in [-0.25, -0.2) is 0 Å². The van der Waals surface area contributed by atoms with Gasteiger partial charge < -0.3 is 10.1 Å². The third-order valence-corrected chi connectivity index (χ3v) is 3.97. The average Bonchev–Trinajstić information content (AvgIpc) is 2.80. The van der Waals surface area contributed by atoms with Crippen molar-refractivity contribution in [1.29, 1.82) is 0 Å². The van der Waals surface area contributed by atoms with Crippen molar-refractivity contribution in [3.8, 4) is 0 Å². The lowest BCUT2D eigenvalue weighted by Crippen LogP contribution is -2.31. The van der Waals surface area contributed by atoms with Gasteiger partial charge in [0.05, 0.1) is 0 Å². The van der Waals surface area contributed by atoms with Crippen LogP contribution in [0.2, 0.25) is 0 Å². The van der Waals surface area contributed by atoms with Crippen molar-refractivity contribution in [3.63, 3.8) is 0 Å². The first-order chi connectivity index (χ1) is 7.42. The van der Waals surface area contributed by atoms with E-state index in [-0.39, 0.29) is 0 Å². The molecule has 2 heterocycles. The zero-order valence-electron chi connectivity index (χ0n) is 9.24. The Morgan fingerprint density at radius 2 is 2.33 bits per heavy atom. The molecule has 0 radical (unpaired) electrons. The van der Waals surface area contributed by atoms with Gasteiger partial charge in [0.15, 0.2) is 0 Å². The highest BCUT2D eigenvalue weighted by atomic mass is 32.1. The van der Waals surface area contributed by atoms with Crippen LogP contribution in [-0.2, 0) is 4.74 Å². The van der Waals surface area contributed by atoms with Crippen molar-refractivity contribution >= 4 is 11.3 Å². The molecule has 0 saturated carbocycles. The normalized spacial score (nSPS) is 20.3. The summed E-state index contributed by atoms with van der Waals surface area (Å²) >= 11 is 1.86. The molecule has 2 nitrogen and oxygen atoms in total. The van der Waals surface area contributed by atoms with Gasteiger partial charge in [-0.15, -0.1) is 11.3 Å².